The Labute approximate surface area is 113 Å². The Morgan fingerprint density at radius 2 is 2.25 bits per heavy atom. The van der Waals surface area contributed by atoms with Crippen molar-refractivity contribution in [2.24, 2.45) is 0 Å². The zero-order chi connectivity index (χ0) is 14.8. The second-order valence-corrected chi connectivity index (χ2v) is 4.19. The summed E-state index contributed by atoms with van der Waals surface area (Å²) >= 11 is 0. The Morgan fingerprint density at radius 3 is 2.90 bits per heavy atom. The molecule has 0 bridgehead atoms. The van der Waals surface area contributed by atoms with Crippen LogP contribution >= 0.6 is 0 Å². The summed E-state index contributed by atoms with van der Waals surface area (Å²) in [5.74, 6) is -0.484. The van der Waals surface area contributed by atoms with Crippen LogP contribution < -0.4 is 4.90 Å². The number of ether oxygens (including phenoxy) is 2. The molecule has 0 aliphatic carbocycles. The molecule has 1 saturated heterocycles. The number of halogens is 3. The van der Waals surface area contributed by atoms with Crippen LogP contribution in [0.5, 0.6) is 0 Å². The lowest BCUT2D eigenvalue weighted by Crippen LogP contribution is -2.51. The van der Waals surface area contributed by atoms with E-state index in [1.165, 1.54) is 24.1 Å². The summed E-state index contributed by atoms with van der Waals surface area (Å²) in [4.78, 5) is 16.7. The van der Waals surface area contributed by atoms with E-state index in [9.17, 15) is 18.0 Å². The highest BCUT2D eigenvalue weighted by Crippen LogP contribution is 2.29. The molecule has 0 saturated carbocycles. The lowest BCUT2D eigenvalue weighted by Gasteiger charge is -2.34. The predicted molar refractivity (Wildman–Crippen MR) is 63.2 cm³/mol. The van der Waals surface area contributed by atoms with Crippen LogP contribution in [0.2, 0.25) is 0 Å². The lowest BCUT2D eigenvalue weighted by molar-refractivity contribution is -0.144. The predicted octanol–water partition coefficient (Wildman–Crippen LogP) is 1.48. The minimum atomic E-state index is -4.52. The molecule has 5 nitrogen and oxygen atoms in total. The fourth-order valence-corrected chi connectivity index (χ4v) is 1.95. The van der Waals surface area contributed by atoms with E-state index in [2.05, 4.69) is 9.72 Å². The van der Waals surface area contributed by atoms with Gasteiger partial charge in [-0.1, -0.05) is 6.07 Å². The van der Waals surface area contributed by atoms with Gasteiger partial charge in [0.05, 0.1) is 20.3 Å². The van der Waals surface area contributed by atoms with E-state index in [4.69, 9.17) is 4.74 Å². The Balaban J connectivity index is 2.30. The summed E-state index contributed by atoms with van der Waals surface area (Å²) in [6.07, 6.45) is -4.52. The van der Waals surface area contributed by atoms with Gasteiger partial charge in [-0.2, -0.15) is 13.2 Å². The quantitative estimate of drug-likeness (QED) is 0.772. The molecule has 1 aliphatic heterocycles. The van der Waals surface area contributed by atoms with Gasteiger partial charge >= 0.3 is 12.1 Å². The molecular weight excluding hydrogens is 277 g/mol. The van der Waals surface area contributed by atoms with Gasteiger partial charge in [-0.3, -0.25) is 0 Å². The van der Waals surface area contributed by atoms with Gasteiger partial charge in [0, 0.05) is 6.54 Å². The van der Waals surface area contributed by atoms with Crippen molar-refractivity contribution in [3.63, 3.8) is 0 Å². The molecule has 2 heterocycles. The van der Waals surface area contributed by atoms with E-state index >= 15 is 0 Å². The summed E-state index contributed by atoms with van der Waals surface area (Å²) in [5, 5.41) is 0. The van der Waals surface area contributed by atoms with E-state index in [-0.39, 0.29) is 19.0 Å². The summed E-state index contributed by atoms with van der Waals surface area (Å²) < 4.78 is 47.8. The van der Waals surface area contributed by atoms with Crippen molar-refractivity contribution < 1.29 is 27.4 Å². The Kier molecular flexibility index (Phi) is 4.12. The second-order valence-electron chi connectivity index (χ2n) is 4.19. The van der Waals surface area contributed by atoms with Gasteiger partial charge in [0.1, 0.15) is 11.5 Å². The first-order chi connectivity index (χ1) is 9.43. The number of alkyl halides is 3. The van der Waals surface area contributed by atoms with Gasteiger partial charge in [-0.15, -0.1) is 0 Å². The van der Waals surface area contributed by atoms with Crippen molar-refractivity contribution in [3.8, 4) is 0 Å². The van der Waals surface area contributed by atoms with Crippen molar-refractivity contribution in [1.29, 1.82) is 0 Å². The molecule has 1 unspecified atom stereocenters. The van der Waals surface area contributed by atoms with Crippen LogP contribution in [0.3, 0.4) is 0 Å². The lowest BCUT2D eigenvalue weighted by atomic mass is 10.2. The molecule has 0 aromatic carbocycles. The number of methoxy groups -OCH3 is 1. The van der Waals surface area contributed by atoms with Crippen LogP contribution in [0.4, 0.5) is 19.0 Å². The summed E-state index contributed by atoms with van der Waals surface area (Å²) in [5.41, 5.74) is -0.995. The molecule has 8 heteroatoms. The first-order valence-corrected chi connectivity index (χ1v) is 5.90. The van der Waals surface area contributed by atoms with E-state index in [0.717, 1.165) is 6.07 Å². The fraction of sp³-hybridized carbons (Fsp3) is 0.500. The number of carbonyl (C=O) groups is 1. The molecule has 1 aromatic heterocycles. The Morgan fingerprint density at radius 1 is 1.50 bits per heavy atom. The molecule has 0 N–H and O–H groups in total. The summed E-state index contributed by atoms with van der Waals surface area (Å²) in [7, 11) is 1.22. The largest absolute Gasteiger partial charge is 0.467 e. The topological polar surface area (TPSA) is 51.7 Å². The molecule has 20 heavy (non-hydrogen) atoms. The van der Waals surface area contributed by atoms with Gasteiger partial charge in [0.25, 0.3) is 0 Å². The van der Waals surface area contributed by atoms with Crippen molar-refractivity contribution in [1.82, 2.24) is 4.98 Å². The third-order valence-corrected chi connectivity index (χ3v) is 2.92. The Bertz CT molecular complexity index is 493. The van der Waals surface area contributed by atoms with Crippen molar-refractivity contribution in [2.75, 3.05) is 31.8 Å². The molecular formula is C12H13F3N2O3. The first-order valence-electron chi connectivity index (χ1n) is 5.90. The number of carbonyl (C=O) groups excluding carboxylic acids is 1. The number of nitrogens with zero attached hydrogens (tertiary/aromatic N) is 2. The number of esters is 1. The van der Waals surface area contributed by atoms with Crippen molar-refractivity contribution >= 4 is 11.8 Å². The van der Waals surface area contributed by atoms with Crippen LogP contribution in [0.1, 0.15) is 5.69 Å². The van der Waals surface area contributed by atoms with Crippen molar-refractivity contribution in [3.05, 3.63) is 23.9 Å². The monoisotopic (exact) mass is 290 g/mol. The Hall–Kier alpha value is -1.83. The highest BCUT2D eigenvalue weighted by Gasteiger charge is 2.35. The van der Waals surface area contributed by atoms with Crippen molar-refractivity contribution in [2.45, 2.75) is 12.2 Å². The molecule has 0 spiro atoms. The number of anilines is 1. The van der Waals surface area contributed by atoms with Crippen LogP contribution in [0, 0.1) is 0 Å². The summed E-state index contributed by atoms with van der Waals surface area (Å²) in [6.45, 7) is 0.643. The van der Waals surface area contributed by atoms with E-state index in [0.29, 0.717) is 6.61 Å². The number of pyridine rings is 1. The van der Waals surface area contributed by atoms with Crippen LogP contribution in [0.25, 0.3) is 0 Å². The van der Waals surface area contributed by atoms with E-state index < -0.39 is 23.9 Å². The SMILES string of the molecule is COC(=O)C1COCCN1c1cccc(C(F)(F)F)n1. The maximum atomic E-state index is 12.7. The van der Waals surface area contributed by atoms with Gasteiger partial charge in [0.2, 0.25) is 0 Å². The van der Waals surface area contributed by atoms with Crippen LogP contribution in [0.15, 0.2) is 18.2 Å². The van der Waals surface area contributed by atoms with E-state index in [1.54, 1.807) is 0 Å². The average Bonchev–Trinajstić information content (AvgIpc) is 2.45. The number of morpholine rings is 1. The number of hydrogen-bond acceptors (Lipinski definition) is 5. The van der Waals surface area contributed by atoms with E-state index in [1.807, 2.05) is 0 Å². The molecule has 2 rings (SSSR count). The fourth-order valence-electron chi connectivity index (χ4n) is 1.95. The highest BCUT2D eigenvalue weighted by atomic mass is 19.4. The second kappa shape index (κ2) is 5.66. The maximum absolute atomic E-state index is 12.7. The minimum absolute atomic E-state index is 0.0601. The third-order valence-electron chi connectivity index (χ3n) is 2.92. The minimum Gasteiger partial charge on any atom is -0.467 e. The smallest absolute Gasteiger partial charge is 0.433 e. The van der Waals surface area contributed by atoms with Gasteiger partial charge in [-0.25, -0.2) is 9.78 Å². The molecule has 1 aromatic rings. The zero-order valence-electron chi connectivity index (χ0n) is 10.7. The molecule has 1 atom stereocenters. The van der Waals surface area contributed by atoms with Gasteiger partial charge in [-0.05, 0) is 12.1 Å². The zero-order valence-corrected chi connectivity index (χ0v) is 10.7. The molecule has 0 amide bonds. The maximum Gasteiger partial charge on any atom is 0.433 e. The van der Waals surface area contributed by atoms with Crippen LogP contribution in [-0.2, 0) is 20.4 Å². The molecule has 1 aliphatic rings. The number of rotatable bonds is 2. The molecule has 110 valence electrons. The molecule has 1 fully saturated rings. The summed E-state index contributed by atoms with van der Waals surface area (Å²) in [6, 6.07) is 2.78. The molecule has 0 radical (unpaired) electrons. The van der Waals surface area contributed by atoms with Crippen LogP contribution in [-0.4, -0.2) is 43.9 Å². The number of aromatic nitrogens is 1. The highest BCUT2D eigenvalue weighted by molar-refractivity contribution is 5.80. The average molecular weight is 290 g/mol. The standard InChI is InChI=1S/C12H13F3N2O3/c1-19-11(18)8-7-20-6-5-17(8)10-4-2-3-9(16-10)12(13,14)15/h2-4,8H,5-7H2,1H3. The number of hydrogen-bond donors (Lipinski definition) is 0. The third kappa shape index (κ3) is 3.01. The van der Waals surface area contributed by atoms with Gasteiger partial charge in [0.15, 0.2) is 6.04 Å². The normalized spacial score (nSPS) is 19.8. The van der Waals surface area contributed by atoms with Gasteiger partial charge < -0.3 is 14.4 Å². The first kappa shape index (κ1) is 14.6.